The SMILES string of the molecule is N=C(N)NCCCCCC(O)NC(N)O. The van der Waals surface area contributed by atoms with Crippen molar-refractivity contribution in [1.29, 1.82) is 5.41 Å². The molecular weight excluding hydrogens is 198 g/mol. The average Bonchev–Trinajstić information content (AvgIpc) is 2.09. The van der Waals surface area contributed by atoms with Crippen molar-refractivity contribution in [2.45, 2.75) is 38.3 Å². The van der Waals surface area contributed by atoms with E-state index in [9.17, 15) is 5.11 Å². The molecule has 0 aromatic heterocycles. The Morgan fingerprint density at radius 1 is 1.27 bits per heavy atom. The van der Waals surface area contributed by atoms with Gasteiger partial charge in [-0.05, 0) is 19.3 Å². The highest BCUT2D eigenvalue weighted by Gasteiger charge is 2.05. The van der Waals surface area contributed by atoms with Gasteiger partial charge in [0.05, 0.1) is 0 Å². The Morgan fingerprint density at radius 3 is 2.47 bits per heavy atom. The molecule has 0 saturated carbocycles. The fraction of sp³-hybridized carbons (Fsp3) is 0.875. The van der Waals surface area contributed by atoms with Gasteiger partial charge in [0.1, 0.15) is 6.23 Å². The minimum Gasteiger partial charge on any atom is -0.379 e. The highest BCUT2D eigenvalue weighted by atomic mass is 16.3. The van der Waals surface area contributed by atoms with Crippen LogP contribution in [-0.2, 0) is 0 Å². The molecule has 0 aliphatic carbocycles. The van der Waals surface area contributed by atoms with Crippen LogP contribution in [0.4, 0.5) is 0 Å². The van der Waals surface area contributed by atoms with E-state index in [4.69, 9.17) is 22.0 Å². The Balaban J connectivity index is 3.20. The van der Waals surface area contributed by atoms with Crippen molar-refractivity contribution in [3.05, 3.63) is 0 Å². The summed E-state index contributed by atoms with van der Waals surface area (Å²) in [6.07, 6.45) is 1.21. The number of hydrogen-bond acceptors (Lipinski definition) is 5. The van der Waals surface area contributed by atoms with Crippen LogP contribution in [0.25, 0.3) is 0 Å². The molecule has 7 nitrogen and oxygen atoms in total. The summed E-state index contributed by atoms with van der Waals surface area (Å²) >= 11 is 0. The zero-order chi connectivity index (χ0) is 11.7. The maximum absolute atomic E-state index is 9.24. The van der Waals surface area contributed by atoms with Crippen LogP contribution in [0.15, 0.2) is 0 Å². The van der Waals surface area contributed by atoms with Crippen LogP contribution in [0.5, 0.6) is 0 Å². The monoisotopic (exact) mass is 219 g/mol. The van der Waals surface area contributed by atoms with Crippen LogP contribution in [0.3, 0.4) is 0 Å². The second-order valence-corrected chi connectivity index (χ2v) is 3.32. The minimum absolute atomic E-state index is 0.0250. The van der Waals surface area contributed by atoms with Crippen LogP contribution in [0.1, 0.15) is 25.7 Å². The van der Waals surface area contributed by atoms with E-state index in [0.717, 1.165) is 19.3 Å². The molecular formula is C8H21N5O2. The van der Waals surface area contributed by atoms with Gasteiger partial charge in [-0.3, -0.25) is 16.5 Å². The molecule has 9 N–H and O–H groups in total. The molecule has 0 aromatic carbocycles. The second kappa shape index (κ2) is 8.42. The van der Waals surface area contributed by atoms with Gasteiger partial charge in [-0.15, -0.1) is 0 Å². The fourth-order valence-electron chi connectivity index (χ4n) is 1.14. The first-order valence-electron chi connectivity index (χ1n) is 4.98. The van der Waals surface area contributed by atoms with Crippen molar-refractivity contribution in [2.24, 2.45) is 11.5 Å². The largest absolute Gasteiger partial charge is 0.379 e. The number of guanidine groups is 1. The summed E-state index contributed by atoms with van der Waals surface area (Å²) in [5.74, 6) is -0.0250. The summed E-state index contributed by atoms with van der Waals surface area (Å²) in [6.45, 7) is 0.665. The van der Waals surface area contributed by atoms with E-state index < -0.39 is 12.6 Å². The predicted molar refractivity (Wildman–Crippen MR) is 57.7 cm³/mol. The highest BCUT2D eigenvalue weighted by Crippen LogP contribution is 2.01. The quantitative estimate of drug-likeness (QED) is 0.111. The summed E-state index contributed by atoms with van der Waals surface area (Å²) in [5.41, 5.74) is 10.1. The lowest BCUT2D eigenvalue weighted by Gasteiger charge is -2.14. The number of aliphatic hydroxyl groups excluding tert-OH is 2. The van der Waals surface area contributed by atoms with E-state index in [1.54, 1.807) is 0 Å². The van der Waals surface area contributed by atoms with Crippen LogP contribution < -0.4 is 22.1 Å². The van der Waals surface area contributed by atoms with Gasteiger partial charge in [-0.25, -0.2) is 0 Å². The standard InChI is InChI=1S/C8H21N5O2/c9-7(10)12-5-3-1-2-4-6(14)13-8(11)15/h6,8,13-15H,1-5,11H2,(H4,9,10,12). The van der Waals surface area contributed by atoms with Crippen molar-refractivity contribution in [3.8, 4) is 0 Å². The van der Waals surface area contributed by atoms with E-state index in [0.29, 0.717) is 13.0 Å². The summed E-state index contributed by atoms with van der Waals surface area (Å²) < 4.78 is 0. The molecule has 0 spiro atoms. The van der Waals surface area contributed by atoms with E-state index in [2.05, 4.69) is 10.6 Å². The smallest absolute Gasteiger partial charge is 0.185 e. The summed E-state index contributed by atoms with van der Waals surface area (Å²) in [5, 5.41) is 29.9. The molecule has 2 unspecified atom stereocenters. The Bertz CT molecular complexity index is 176. The van der Waals surface area contributed by atoms with E-state index in [1.807, 2.05) is 0 Å². The van der Waals surface area contributed by atoms with Gasteiger partial charge in [0.25, 0.3) is 0 Å². The molecule has 0 bridgehead atoms. The molecule has 0 amide bonds. The van der Waals surface area contributed by atoms with Gasteiger partial charge >= 0.3 is 0 Å². The van der Waals surface area contributed by atoms with E-state index >= 15 is 0 Å². The van der Waals surface area contributed by atoms with Crippen molar-refractivity contribution in [3.63, 3.8) is 0 Å². The van der Waals surface area contributed by atoms with Crippen LogP contribution in [0, 0.1) is 5.41 Å². The maximum atomic E-state index is 9.24. The number of hydrogen-bond donors (Lipinski definition) is 7. The first-order valence-corrected chi connectivity index (χ1v) is 4.98. The van der Waals surface area contributed by atoms with Crippen molar-refractivity contribution in [2.75, 3.05) is 6.54 Å². The van der Waals surface area contributed by atoms with Crippen molar-refractivity contribution >= 4 is 5.96 Å². The third kappa shape index (κ3) is 11.0. The fourth-order valence-corrected chi connectivity index (χ4v) is 1.14. The molecule has 2 atom stereocenters. The van der Waals surface area contributed by atoms with E-state index in [1.165, 1.54) is 0 Å². The number of nitrogens with one attached hydrogen (secondary N) is 3. The Kier molecular flexibility index (Phi) is 7.92. The molecule has 0 aromatic rings. The third-order valence-corrected chi connectivity index (χ3v) is 1.83. The Morgan fingerprint density at radius 2 is 1.93 bits per heavy atom. The zero-order valence-corrected chi connectivity index (χ0v) is 8.74. The molecule has 0 radical (unpaired) electrons. The van der Waals surface area contributed by atoms with Gasteiger partial charge in [-0.1, -0.05) is 6.42 Å². The molecule has 0 heterocycles. The average molecular weight is 219 g/mol. The normalized spacial score (nSPS) is 14.6. The van der Waals surface area contributed by atoms with E-state index in [-0.39, 0.29) is 5.96 Å². The molecule has 90 valence electrons. The third-order valence-electron chi connectivity index (χ3n) is 1.83. The maximum Gasteiger partial charge on any atom is 0.185 e. The topological polar surface area (TPSA) is 140 Å². The molecule has 7 heteroatoms. The molecule has 0 aliphatic heterocycles. The lowest BCUT2D eigenvalue weighted by atomic mass is 10.2. The molecule has 0 rings (SSSR count). The predicted octanol–water partition coefficient (Wildman–Crippen LogP) is -1.83. The number of nitrogens with two attached hydrogens (primary N) is 2. The van der Waals surface area contributed by atoms with Crippen LogP contribution in [-0.4, -0.2) is 35.3 Å². The Hall–Kier alpha value is -0.890. The minimum atomic E-state index is -1.18. The molecule has 0 fully saturated rings. The van der Waals surface area contributed by atoms with Gasteiger partial charge in [0.2, 0.25) is 0 Å². The second-order valence-electron chi connectivity index (χ2n) is 3.32. The molecule has 0 saturated heterocycles. The van der Waals surface area contributed by atoms with Gasteiger partial charge in [-0.2, -0.15) is 0 Å². The summed E-state index contributed by atoms with van der Waals surface area (Å²) in [6, 6.07) is 0. The first-order chi connectivity index (χ1) is 7.02. The Labute approximate surface area is 89.3 Å². The first kappa shape index (κ1) is 14.1. The number of aliphatic hydroxyl groups is 2. The lowest BCUT2D eigenvalue weighted by Crippen LogP contribution is -2.43. The van der Waals surface area contributed by atoms with Crippen molar-refractivity contribution in [1.82, 2.24) is 10.6 Å². The molecule has 15 heavy (non-hydrogen) atoms. The van der Waals surface area contributed by atoms with Gasteiger partial charge < -0.3 is 21.3 Å². The van der Waals surface area contributed by atoms with Gasteiger partial charge in [0, 0.05) is 6.54 Å². The molecule has 0 aliphatic rings. The van der Waals surface area contributed by atoms with Crippen LogP contribution >= 0.6 is 0 Å². The number of rotatable bonds is 8. The number of unbranched alkanes of at least 4 members (excludes halogenated alkanes) is 2. The van der Waals surface area contributed by atoms with Gasteiger partial charge in [0.15, 0.2) is 12.3 Å². The summed E-state index contributed by atoms with van der Waals surface area (Å²) in [4.78, 5) is 0. The van der Waals surface area contributed by atoms with Crippen molar-refractivity contribution < 1.29 is 10.2 Å². The summed E-state index contributed by atoms with van der Waals surface area (Å²) in [7, 11) is 0. The van der Waals surface area contributed by atoms with Crippen LogP contribution in [0.2, 0.25) is 0 Å². The zero-order valence-electron chi connectivity index (χ0n) is 8.74. The lowest BCUT2D eigenvalue weighted by molar-refractivity contribution is 0.0400. The highest BCUT2D eigenvalue weighted by molar-refractivity contribution is 5.74.